The van der Waals surface area contributed by atoms with Crippen LogP contribution in [-0.2, 0) is 10.0 Å². The standard InChI is InChI=1S/C2H3N3O3S/c3-9(6,7)2-5-4-1-8-2/h1H,(H2,3,6,7). The zero-order valence-corrected chi connectivity index (χ0v) is 5.00. The fraction of sp³-hybridized carbons (Fsp3) is 0. The summed E-state index contributed by atoms with van der Waals surface area (Å²) in [6.45, 7) is 0. The fourth-order valence-electron chi connectivity index (χ4n) is 0.287. The van der Waals surface area contributed by atoms with Gasteiger partial charge in [0.15, 0.2) is 0 Å². The van der Waals surface area contributed by atoms with Crippen molar-refractivity contribution in [1.29, 1.82) is 0 Å². The Labute approximate surface area is 50.7 Å². The van der Waals surface area contributed by atoms with E-state index in [1.807, 2.05) is 0 Å². The van der Waals surface area contributed by atoms with E-state index in [1.54, 1.807) is 0 Å². The third-order valence-corrected chi connectivity index (χ3v) is 1.25. The molecule has 9 heavy (non-hydrogen) atoms. The second-order valence-electron chi connectivity index (χ2n) is 1.25. The van der Waals surface area contributed by atoms with Gasteiger partial charge < -0.3 is 4.42 Å². The first-order valence-corrected chi connectivity index (χ1v) is 3.44. The summed E-state index contributed by atoms with van der Waals surface area (Å²) in [5.74, 6) is 0. The number of primary sulfonamides is 1. The number of nitrogens with two attached hydrogens (primary N) is 1. The number of aromatic nitrogens is 2. The van der Waals surface area contributed by atoms with Crippen LogP contribution in [-0.4, -0.2) is 18.6 Å². The van der Waals surface area contributed by atoms with Gasteiger partial charge in [0.25, 0.3) is 10.0 Å². The Bertz CT molecular complexity index is 274. The van der Waals surface area contributed by atoms with Crippen molar-refractivity contribution in [3.8, 4) is 0 Å². The van der Waals surface area contributed by atoms with Crippen molar-refractivity contribution in [3.05, 3.63) is 6.39 Å². The van der Waals surface area contributed by atoms with E-state index < -0.39 is 15.2 Å². The van der Waals surface area contributed by atoms with E-state index in [9.17, 15) is 8.42 Å². The number of sulfonamides is 1. The molecule has 50 valence electrons. The summed E-state index contributed by atoms with van der Waals surface area (Å²) < 4.78 is 24.8. The van der Waals surface area contributed by atoms with Gasteiger partial charge in [-0.1, -0.05) is 5.10 Å². The normalized spacial score (nSPS) is 11.7. The van der Waals surface area contributed by atoms with Crippen LogP contribution in [0.15, 0.2) is 16.0 Å². The predicted molar refractivity (Wildman–Crippen MR) is 25.7 cm³/mol. The summed E-state index contributed by atoms with van der Waals surface area (Å²) in [4.78, 5) is 0. The quantitative estimate of drug-likeness (QED) is 0.536. The maximum atomic E-state index is 10.3. The smallest absolute Gasteiger partial charge is 0.350 e. The molecule has 0 amide bonds. The summed E-state index contributed by atoms with van der Waals surface area (Å²) in [5.41, 5.74) is 0. The Balaban J connectivity index is 3.20. The molecule has 1 heterocycles. The minimum atomic E-state index is -3.80. The van der Waals surface area contributed by atoms with E-state index in [2.05, 4.69) is 19.8 Å². The number of nitrogens with zero attached hydrogens (tertiary/aromatic N) is 2. The molecular weight excluding hydrogens is 146 g/mol. The first-order chi connectivity index (χ1) is 4.11. The number of rotatable bonds is 1. The van der Waals surface area contributed by atoms with Crippen LogP contribution < -0.4 is 5.14 Å². The van der Waals surface area contributed by atoms with E-state index in [1.165, 1.54) is 0 Å². The molecule has 1 rings (SSSR count). The van der Waals surface area contributed by atoms with Gasteiger partial charge in [-0.25, -0.2) is 13.6 Å². The van der Waals surface area contributed by atoms with Crippen LogP contribution in [0.2, 0.25) is 0 Å². The zero-order valence-electron chi connectivity index (χ0n) is 4.18. The Morgan fingerprint density at radius 1 is 1.67 bits per heavy atom. The van der Waals surface area contributed by atoms with E-state index in [0.717, 1.165) is 6.39 Å². The Morgan fingerprint density at radius 3 is 2.56 bits per heavy atom. The second-order valence-corrected chi connectivity index (χ2v) is 2.69. The lowest BCUT2D eigenvalue weighted by atomic mass is 11.5. The maximum Gasteiger partial charge on any atom is 0.350 e. The molecule has 0 unspecified atom stereocenters. The molecule has 0 spiro atoms. The summed E-state index contributed by atoms with van der Waals surface area (Å²) in [7, 11) is -3.80. The van der Waals surface area contributed by atoms with Crippen LogP contribution in [0.25, 0.3) is 0 Å². The summed E-state index contributed by atoms with van der Waals surface area (Å²) in [5, 5.41) is 10.2. The highest BCUT2D eigenvalue weighted by Crippen LogP contribution is 1.96. The first kappa shape index (κ1) is 6.17. The van der Waals surface area contributed by atoms with Gasteiger partial charge in [0, 0.05) is 0 Å². The SMILES string of the molecule is NS(=O)(=O)c1nnco1. The fourth-order valence-corrected chi connectivity index (χ4v) is 0.625. The van der Waals surface area contributed by atoms with Gasteiger partial charge in [0.05, 0.1) is 0 Å². The van der Waals surface area contributed by atoms with Crippen molar-refractivity contribution >= 4 is 10.0 Å². The summed E-state index contributed by atoms with van der Waals surface area (Å²) in [6, 6.07) is 0. The third-order valence-electron chi connectivity index (χ3n) is 0.583. The number of hydrogen-bond acceptors (Lipinski definition) is 5. The van der Waals surface area contributed by atoms with Crippen molar-refractivity contribution in [1.82, 2.24) is 10.2 Å². The van der Waals surface area contributed by atoms with Gasteiger partial charge in [-0.15, -0.1) is 5.10 Å². The van der Waals surface area contributed by atoms with Crippen LogP contribution in [0, 0.1) is 0 Å². The largest absolute Gasteiger partial charge is 0.414 e. The molecule has 0 fully saturated rings. The Hall–Kier alpha value is -0.950. The predicted octanol–water partition coefficient (Wildman–Crippen LogP) is -1.28. The average Bonchev–Trinajstić information content (AvgIpc) is 2.08. The minimum Gasteiger partial charge on any atom is -0.414 e. The van der Waals surface area contributed by atoms with Crippen molar-refractivity contribution in [3.63, 3.8) is 0 Å². The lowest BCUT2D eigenvalue weighted by molar-refractivity contribution is 0.430. The highest BCUT2D eigenvalue weighted by Gasteiger charge is 2.12. The molecule has 0 saturated heterocycles. The Morgan fingerprint density at radius 2 is 2.33 bits per heavy atom. The van der Waals surface area contributed by atoms with E-state index in [0.29, 0.717) is 0 Å². The monoisotopic (exact) mass is 149 g/mol. The third kappa shape index (κ3) is 1.24. The molecule has 0 radical (unpaired) electrons. The molecule has 0 atom stereocenters. The molecule has 0 saturated carbocycles. The average molecular weight is 149 g/mol. The van der Waals surface area contributed by atoms with E-state index >= 15 is 0 Å². The van der Waals surface area contributed by atoms with E-state index in [-0.39, 0.29) is 0 Å². The summed E-state index contributed by atoms with van der Waals surface area (Å²) in [6.07, 6.45) is 0.889. The highest BCUT2D eigenvalue weighted by molar-refractivity contribution is 7.88. The van der Waals surface area contributed by atoms with Crippen LogP contribution in [0.5, 0.6) is 0 Å². The lowest BCUT2D eigenvalue weighted by Crippen LogP contribution is -2.12. The van der Waals surface area contributed by atoms with Crippen LogP contribution >= 0.6 is 0 Å². The summed E-state index contributed by atoms with van der Waals surface area (Å²) >= 11 is 0. The maximum absolute atomic E-state index is 10.3. The molecule has 6 nitrogen and oxygen atoms in total. The van der Waals surface area contributed by atoms with Gasteiger partial charge in [-0.2, -0.15) is 0 Å². The van der Waals surface area contributed by atoms with Crippen LogP contribution in [0.4, 0.5) is 0 Å². The van der Waals surface area contributed by atoms with Gasteiger partial charge >= 0.3 is 5.22 Å². The molecule has 7 heteroatoms. The van der Waals surface area contributed by atoms with Crippen molar-refractivity contribution < 1.29 is 12.8 Å². The molecule has 1 aromatic heterocycles. The molecular formula is C2H3N3O3S. The molecule has 0 aliphatic rings. The second kappa shape index (κ2) is 1.78. The van der Waals surface area contributed by atoms with Crippen molar-refractivity contribution in [2.45, 2.75) is 5.22 Å². The van der Waals surface area contributed by atoms with E-state index in [4.69, 9.17) is 0 Å². The highest BCUT2D eigenvalue weighted by atomic mass is 32.2. The number of hydrogen-bond donors (Lipinski definition) is 1. The van der Waals surface area contributed by atoms with Gasteiger partial charge in [0.1, 0.15) is 0 Å². The minimum absolute atomic E-state index is 0.567. The van der Waals surface area contributed by atoms with Crippen molar-refractivity contribution in [2.75, 3.05) is 0 Å². The lowest BCUT2D eigenvalue weighted by Gasteiger charge is -1.82. The molecule has 0 aliphatic carbocycles. The first-order valence-electron chi connectivity index (χ1n) is 1.89. The van der Waals surface area contributed by atoms with Gasteiger partial charge in [-0.3, -0.25) is 0 Å². The molecule has 1 aromatic rings. The van der Waals surface area contributed by atoms with Gasteiger partial charge in [-0.05, 0) is 0 Å². The van der Waals surface area contributed by atoms with Gasteiger partial charge in [0.2, 0.25) is 6.39 Å². The Kier molecular flexibility index (Phi) is 1.22. The topological polar surface area (TPSA) is 99.1 Å². The molecule has 0 aliphatic heterocycles. The molecule has 2 N–H and O–H groups in total. The molecule has 0 bridgehead atoms. The van der Waals surface area contributed by atoms with Crippen molar-refractivity contribution in [2.24, 2.45) is 5.14 Å². The molecule has 0 aromatic carbocycles. The zero-order chi connectivity index (χ0) is 6.91. The van der Waals surface area contributed by atoms with Crippen LogP contribution in [0.3, 0.4) is 0 Å². The van der Waals surface area contributed by atoms with Crippen LogP contribution in [0.1, 0.15) is 0 Å².